The van der Waals surface area contributed by atoms with E-state index in [1.807, 2.05) is 0 Å². The SMILES string of the molecule is O=C(Cn1nc(C2CC2)cc1C(F)F)Nc1ccc(Cl)c(Cl)c1. The molecule has 1 aromatic carbocycles. The van der Waals surface area contributed by atoms with E-state index in [0.29, 0.717) is 21.4 Å². The van der Waals surface area contributed by atoms with E-state index >= 15 is 0 Å². The van der Waals surface area contributed by atoms with Crippen molar-refractivity contribution in [1.82, 2.24) is 9.78 Å². The Bertz CT molecular complexity index is 744. The number of nitrogens with one attached hydrogen (secondary N) is 1. The number of hydrogen-bond donors (Lipinski definition) is 1. The van der Waals surface area contributed by atoms with Crippen molar-refractivity contribution < 1.29 is 13.6 Å². The number of anilines is 1. The Hall–Kier alpha value is -1.66. The number of benzene rings is 1. The van der Waals surface area contributed by atoms with E-state index in [1.54, 1.807) is 12.1 Å². The summed E-state index contributed by atoms with van der Waals surface area (Å²) in [5, 5.41) is 7.39. The van der Waals surface area contributed by atoms with E-state index in [0.717, 1.165) is 17.5 Å². The van der Waals surface area contributed by atoms with Gasteiger partial charge in [-0.05, 0) is 37.1 Å². The lowest BCUT2D eigenvalue weighted by atomic mass is 10.3. The van der Waals surface area contributed by atoms with Gasteiger partial charge in [0, 0.05) is 11.6 Å². The summed E-state index contributed by atoms with van der Waals surface area (Å²) in [6, 6.07) is 6.01. The lowest BCUT2D eigenvalue weighted by molar-refractivity contribution is -0.117. The molecule has 1 N–H and O–H groups in total. The molecule has 1 heterocycles. The average Bonchev–Trinajstić information content (AvgIpc) is 3.24. The summed E-state index contributed by atoms with van der Waals surface area (Å²) >= 11 is 11.7. The molecule has 0 saturated heterocycles. The van der Waals surface area contributed by atoms with Gasteiger partial charge in [0.25, 0.3) is 6.43 Å². The fourth-order valence-corrected chi connectivity index (χ4v) is 2.54. The molecule has 0 radical (unpaired) electrons. The Balaban J connectivity index is 1.73. The molecule has 0 unspecified atom stereocenters. The molecule has 8 heteroatoms. The summed E-state index contributed by atoms with van der Waals surface area (Å²) in [5.74, 6) is -0.220. The lowest BCUT2D eigenvalue weighted by Gasteiger charge is -2.08. The summed E-state index contributed by atoms with van der Waals surface area (Å²) < 4.78 is 27.2. The van der Waals surface area contributed by atoms with Crippen LogP contribution in [0.5, 0.6) is 0 Å². The van der Waals surface area contributed by atoms with Crippen molar-refractivity contribution in [2.24, 2.45) is 0 Å². The molecule has 1 aliphatic carbocycles. The first-order valence-corrected chi connectivity index (χ1v) is 7.80. The largest absolute Gasteiger partial charge is 0.324 e. The fourth-order valence-electron chi connectivity index (χ4n) is 2.24. The van der Waals surface area contributed by atoms with E-state index < -0.39 is 12.3 Å². The summed E-state index contributed by atoms with van der Waals surface area (Å²) in [6.45, 7) is -0.285. The van der Waals surface area contributed by atoms with Gasteiger partial charge < -0.3 is 5.32 Å². The highest BCUT2D eigenvalue weighted by Crippen LogP contribution is 2.40. The van der Waals surface area contributed by atoms with Crippen LogP contribution >= 0.6 is 23.2 Å². The van der Waals surface area contributed by atoms with Crippen LogP contribution in [0.1, 0.15) is 36.6 Å². The number of rotatable bonds is 5. The highest BCUT2D eigenvalue weighted by atomic mass is 35.5. The number of carbonyl (C=O) groups excluding carboxylic acids is 1. The monoisotopic (exact) mass is 359 g/mol. The molecule has 3 rings (SSSR count). The number of hydrogen-bond acceptors (Lipinski definition) is 2. The summed E-state index contributed by atoms with van der Waals surface area (Å²) in [4.78, 5) is 12.1. The molecule has 0 spiro atoms. The average molecular weight is 360 g/mol. The third-order valence-electron chi connectivity index (χ3n) is 3.55. The summed E-state index contributed by atoms with van der Waals surface area (Å²) in [6.07, 6.45) is -0.766. The van der Waals surface area contributed by atoms with Gasteiger partial charge in [-0.3, -0.25) is 9.48 Å². The number of amides is 1. The van der Waals surface area contributed by atoms with Crippen LogP contribution in [0.4, 0.5) is 14.5 Å². The molecule has 0 aliphatic heterocycles. The normalized spacial score (nSPS) is 14.3. The van der Waals surface area contributed by atoms with Crippen LogP contribution in [0.2, 0.25) is 10.0 Å². The smallest absolute Gasteiger partial charge is 0.280 e. The summed E-state index contributed by atoms with van der Waals surface area (Å²) in [5.41, 5.74) is 0.830. The fraction of sp³-hybridized carbons (Fsp3) is 0.333. The molecule has 2 aromatic rings. The molecular formula is C15H13Cl2F2N3O. The van der Waals surface area contributed by atoms with Crippen LogP contribution in [-0.2, 0) is 11.3 Å². The molecule has 1 aliphatic rings. The van der Waals surface area contributed by atoms with Crippen molar-refractivity contribution in [3.63, 3.8) is 0 Å². The number of aromatic nitrogens is 2. The Morgan fingerprint density at radius 1 is 1.30 bits per heavy atom. The van der Waals surface area contributed by atoms with E-state index in [4.69, 9.17) is 23.2 Å². The molecule has 1 amide bonds. The number of alkyl halides is 2. The molecular weight excluding hydrogens is 347 g/mol. The highest BCUT2D eigenvalue weighted by Gasteiger charge is 2.29. The second-order valence-electron chi connectivity index (χ2n) is 5.40. The van der Waals surface area contributed by atoms with Crippen LogP contribution in [0, 0.1) is 0 Å². The van der Waals surface area contributed by atoms with Crippen LogP contribution < -0.4 is 5.32 Å². The maximum atomic E-state index is 13.1. The number of halogens is 4. The van der Waals surface area contributed by atoms with Crippen LogP contribution in [-0.4, -0.2) is 15.7 Å². The van der Waals surface area contributed by atoms with Crippen LogP contribution in [0.25, 0.3) is 0 Å². The van der Waals surface area contributed by atoms with Gasteiger partial charge in [0.1, 0.15) is 12.2 Å². The third-order valence-corrected chi connectivity index (χ3v) is 4.28. The van der Waals surface area contributed by atoms with Crippen molar-refractivity contribution in [1.29, 1.82) is 0 Å². The predicted octanol–water partition coefficient (Wildman–Crippen LogP) is 4.64. The maximum absolute atomic E-state index is 13.1. The molecule has 0 bridgehead atoms. The van der Waals surface area contributed by atoms with Crippen LogP contribution in [0.15, 0.2) is 24.3 Å². The first kappa shape index (κ1) is 16.2. The van der Waals surface area contributed by atoms with E-state index in [-0.39, 0.29) is 18.2 Å². The Labute approximate surface area is 141 Å². The molecule has 23 heavy (non-hydrogen) atoms. The lowest BCUT2D eigenvalue weighted by Crippen LogP contribution is -2.21. The van der Waals surface area contributed by atoms with Gasteiger partial charge in [-0.1, -0.05) is 23.2 Å². The van der Waals surface area contributed by atoms with E-state index in [1.165, 1.54) is 12.1 Å². The zero-order valence-electron chi connectivity index (χ0n) is 11.9. The predicted molar refractivity (Wildman–Crippen MR) is 84.3 cm³/mol. The molecule has 1 saturated carbocycles. The van der Waals surface area contributed by atoms with Gasteiger partial charge in [0.05, 0.1) is 15.7 Å². The number of carbonyl (C=O) groups is 1. The zero-order chi connectivity index (χ0) is 16.6. The molecule has 4 nitrogen and oxygen atoms in total. The molecule has 0 atom stereocenters. The minimum atomic E-state index is -2.67. The first-order chi connectivity index (χ1) is 10.9. The Morgan fingerprint density at radius 3 is 2.65 bits per heavy atom. The van der Waals surface area contributed by atoms with Gasteiger partial charge in [-0.25, -0.2) is 8.78 Å². The van der Waals surface area contributed by atoms with Gasteiger partial charge in [0.15, 0.2) is 0 Å². The minimum Gasteiger partial charge on any atom is -0.324 e. The van der Waals surface area contributed by atoms with Gasteiger partial charge in [0.2, 0.25) is 5.91 Å². The van der Waals surface area contributed by atoms with Crippen molar-refractivity contribution in [2.75, 3.05) is 5.32 Å². The highest BCUT2D eigenvalue weighted by molar-refractivity contribution is 6.42. The minimum absolute atomic E-state index is 0.240. The second-order valence-corrected chi connectivity index (χ2v) is 6.22. The third kappa shape index (κ3) is 3.82. The standard InChI is InChI=1S/C15H13Cl2F2N3O/c16-10-4-3-9(5-11(10)17)20-14(23)7-22-13(15(18)19)6-12(21-22)8-1-2-8/h3-6,8,15H,1-2,7H2,(H,20,23). The van der Waals surface area contributed by atoms with Gasteiger partial charge in [-0.2, -0.15) is 5.10 Å². The van der Waals surface area contributed by atoms with Crippen molar-refractivity contribution in [3.8, 4) is 0 Å². The second kappa shape index (κ2) is 6.45. The number of nitrogens with zero attached hydrogens (tertiary/aromatic N) is 2. The van der Waals surface area contributed by atoms with E-state index in [2.05, 4.69) is 10.4 Å². The molecule has 1 aromatic heterocycles. The molecule has 1 fully saturated rings. The van der Waals surface area contributed by atoms with Crippen molar-refractivity contribution in [2.45, 2.75) is 31.7 Å². The molecule has 122 valence electrons. The van der Waals surface area contributed by atoms with E-state index in [9.17, 15) is 13.6 Å². The quantitative estimate of drug-likeness (QED) is 0.844. The topological polar surface area (TPSA) is 46.9 Å². The van der Waals surface area contributed by atoms with Crippen molar-refractivity contribution >= 4 is 34.8 Å². The Kier molecular flexibility index (Phi) is 4.55. The first-order valence-electron chi connectivity index (χ1n) is 7.04. The Morgan fingerprint density at radius 2 is 2.04 bits per heavy atom. The summed E-state index contributed by atoms with van der Waals surface area (Å²) in [7, 11) is 0. The van der Waals surface area contributed by atoms with Gasteiger partial charge >= 0.3 is 0 Å². The zero-order valence-corrected chi connectivity index (χ0v) is 13.4. The van der Waals surface area contributed by atoms with Crippen LogP contribution in [0.3, 0.4) is 0 Å². The van der Waals surface area contributed by atoms with Crippen molar-refractivity contribution in [3.05, 3.63) is 45.7 Å². The van der Waals surface area contributed by atoms with Gasteiger partial charge in [-0.15, -0.1) is 0 Å². The maximum Gasteiger partial charge on any atom is 0.280 e.